The van der Waals surface area contributed by atoms with Gasteiger partial charge in [-0.15, -0.1) is 0 Å². The summed E-state index contributed by atoms with van der Waals surface area (Å²) >= 11 is 0. The van der Waals surface area contributed by atoms with Gasteiger partial charge >= 0.3 is 0 Å². The van der Waals surface area contributed by atoms with Crippen LogP contribution in [0.3, 0.4) is 0 Å². The predicted molar refractivity (Wildman–Crippen MR) is 174 cm³/mol. The Balaban J connectivity index is 1.40. The Labute approximate surface area is 250 Å². The van der Waals surface area contributed by atoms with Gasteiger partial charge in [0, 0.05) is 12.7 Å². The Hall–Kier alpha value is -2.65. The summed E-state index contributed by atoms with van der Waals surface area (Å²) in [6.45, 7) is 5.27. The number of aryl methyl sites for hydroxylation is 2. The van der Waals surface area contributed by atoms with Crippen molar-refractivity contribution in [2.75, 3.05) is 13.7 Å². The first-order chi connectivity index (χ1) is 20.1. The molecule has 41 heavy (non-hydrogen) atoms. The molecule has 0 radical (unpaired) electrons. The summed E-state index contributed by atoms with van der Waals surface area (Å²) in [5.41, 5.74) is 3.32. The average Bonchev–Trinajstić information content (AvgIpc) is 3.01. The lowest BCUT2D eigenvalue weighted by molar-refractivity contribution is 0.0573. The first kappa shape index (κ1) is 32.9. The average molecular weight is 559 g/mol. The van der Waals surface area contributed by atoms with Gasteiger partial charge in [-0.3, -0.25) is 4.79 Å². The van der Waals surface area contributed by atoms with Gasteiger partial charge in [0.2, 0.25) is 0 Å². The monoisotopic (exact) mass is 558 g/mol. The number of hydrogen-bond donors (Lipinski definition) is 0. The highest BCUT2D eigenvalue weighted by Gasteiger charge is 2.19. The Kier molecular flexibility index (Phi) is 15.6. The Morgan fingerprint density at radius 1 is 0.634 bits per heavy atom. The van der Waals surface area contributed by atoms with Crippen LogP contribution in [0, 0.1) is 0 Å². The third kappa shape index (κ3) is 12.0. The van der Waals surface area contributed by atoms with Crippen molar-refractivity contribution in [2.24, 2.45) is 0 Å². The summed E-state index contributed by atoms with van der Waals surface area (Å²) in [4.78, 5) is 12.9. The Morgan fingerprint density at radius 2 is 1.20 bits per heavy atom. The van der Waals surface area contributed by atoms with Crippen LogP contribution >= 0.6 is 0 Å². The number of hydrogen-bond acceptors (Lipinski definition) is 3. The van der Waals surface area contributed by atoms with Crippen molar-refractivity contribution in [2.45, 2.75) is 123 Å². The van der Waals surface area contributed by atoms with E-state index in [1.54, 1.807) is 7.11 Å². The molecule has 0 fully saturated rings. The molecule has 3 aromatic rings. The minimum Gasteiger partial charge on any atom is -0.494 e. The molecule has 0 bridgehead atoms. The fraction of sp³-hybridized carbons (Fsp3) is 0.553. The van der Waals surface area contributed by atoms with Gasteiger partial charge in [-0.25, -0.2) is 0 Å². The topological polar surface area (TPSA) is 35.5 Å². The van der Waals surface area contributed by atoms with Crippen LogP contribution in [0.15, 0.2) is 60.7 Å². The Morgan fingerprint density at radius 3 is 1.88 bits per heavy atom. The number of benzene rings is 3. The lowest BCUT2D eigenvalue weighted by Crippen LogP contribution is -2.23. The molecular formula is C38H54O3. The number of ether oxygens (including phenoxy) is 2. The largest absolute Gasteiger partial charge is 0.494 e. The highest BCUT2D eigenvalue weighted by molar-refractivity contribution is 5.99. The van der Waals surface area contributed by atoms with E-state index in [1.165, 1.54) is 86.1 Å². The molecule has 0 amide bonds. The van der Waals surface area contributed by atoms with Gasteiger partial charge < -0.3 is 9.47 Å². The first-order valence-corrected chi connectivity index (χ1v) is 16.5. The minimum atomic E-state index is -0.337. The molecule has 3 heteroatoms. The molecular weight excluding hydrogens is 504 g/mol. The van der Waals surface area contributed by atoms with Crippen molar-refractivity contribution in [3.05, 3.63) is 77.4 Å². The van der Waals surface area contributed by atoms with E-state index < -0.39 is 0 Å². The molecule has 0 aliphatic rings. The number of ketones is 1. The van der Waals surface area contributed by atoms with Crippen molar-refractivity contribution in [1.82, 2.24) is 0 Å². The van der Waals surface area contributed by atoms with Crippen molar-refractivity contribution in [1.29, 1.82) is 0 Å². The lowest BCUT2D eigenvalue weighted by Gasteiger charge is -2.14. The normalized spacial score (nSPS) is 12.1. The second-order valence-corrected chi connectivity index (χ2v) is 11.7. The number of carbonyl (C=O) groups is 1. The van der Waals surface area contributed by atoms with Gasteiger partial charge in [-0.2, -0.15) is 0 Å². The van der Waals surface area contributed by atoms with Gasteiger partial charge in [0.05, 0.1) is 6.61 Å². The number of Topliss-reactive ketones (excluding diaryl/α,β-unsaturated/α-hetero) is 1. The molecule has 0 aromatic heterocycles. The molecule has 0 heterocycles. The van der Waals surface area contributed by atoms with Crippen LogP contribution in [0.5, 0.6) is 5.75 Å². The van der Waals surface area contributed by atoms with Crippen molar-refractivity contribution in [3.63, 3.8) is 0 Å². The van der Waals surface area contributed by atoms with Crippen LogP contribution in [0.1, 0.15) is 125 Å². The highest BCUT2D eigenvalue weighted by Crippen LogP contribution is 2.23. The van der Waals surface area contributed by atoms with Crippen LogP contribution in [-0.4, -0.2) is 25.6 Å². The zero-order valence-electron chi connectivity index (χ0n) is 26.1. The van der Waals surface area contributed by atoms with Crippen LogP contribution in [0.2, 0.25) is 0 Å². The van der Waals surface area contributed by atoms with Crippen LogP contribution < -0.4 is 4.74 Å². The Bertz CT molecular complexity index is 1130. The van der Waals surface area contributed by atoms with E-state index in [0.29, 0.717) is 0 Å². The molecule has 3 aromatic carbocycles. The van der Waals surface area contributed by atoms with E-state index in [0.717, 1.165) is 56.4 Å². The molecule has 224 valence electrons. The van der Waals surface area contributed by atoms with E-state index >= 15 is 0 Å². The number of unbranched alkanes of at least 4 members (excludes halogenated alkanes) is 11. The third-order valence-corrected chi connectivity index (χ3v) is 8.23. The summed E-state index contributed by atoms with van der Waals surface area (Å²) in [5.74, 6) is 1.07. The molecule has 0 saturated carbocycles. The predicted octanol–water partition coefficient (Wildman–Crippen LogP) is 10.7. The van der Waals surface area contributed by atoms with Gasteiger partial charge in [0.25, 0.3) is 0 Å². The first-order valence-electron chi connectivity index (χ1n) is 16.5. The van der Waals surface area contributed by atoms with Gasteiger partial charge in [0.1, 0.15) is 11.9 Å². The van der Waals surface area contributed by atoms with Gasteiger partial charge in [-0.05, 0) is 59.7 Å². The fourth-order valence-electron chi connectivity index (χ4n) is 5.54. The standard InChI is InChI=1S/C38H54O3/c1-4-6-8-10-11-12-13-14-16-28-41-36-27-26-34-29-32(22-25-35(34)30-36)19-18-31-20-23-33(24-21-31)38(39)37(40-3)17-15-9-7-5-2/h20-27,29-30,37H,4-19,28H2,1-3H3/t37-/m1/s1. The van der Waals surface area contributed by atoms with Gasteiger partial charge in [0.15, 0.2) is 5.78 Å². The maximum atomic E-state index is 12.9. The van der Waals surface area contributed by atoms with Crippen LogP contribution in [0.4, 0.5) is 0 Å². The summed E-state index contributed by atoms with van der Waals surface area (Å²) in [6, 6.07) is 21.3. The van der Waals surface area contributed by atoms with E-state index in [9.17, 15) is 4.79 Å². The zero-order valence-corrected chi connectivity index (χ0v) is 26.1. The van der Waals surface area contributed by atoms with Crippen LogP contribution in [-0.2, 0) is 17.6 Å². The summed E-state index contributed by atoms with van der Waals surface area (Å²) in [6.07, 6.45) is 19.0. The van der Waals surface area contributed by atoms with E-state index in [2.05, 4.69) is 62.4 Å². The summed E-state index contributed by atoms with van der Waals surface area (Å²) < 4.78 is 11.6. The molecule has 0 saturated heterocycles. The van der Waals surface area contributed by atoms with E-state index in [-0.39, 0.29) is 11.9 Å². The SMILES string of the molecule is CCCCCCCCCCCOc1ccc2cc(CCc3ccc(C(=O)[C@@H](CCCCCC)OC)cc3)ccc2c1. The number of fused-ring (bicyclic) bond motifs is 1. The van der Waals surface area contributed by atoms with Crippen molar-refractivity contribution in [3.8, 4) is 5.75 Å². The smallest absolute Gasteiger partial charge is 0.191 e. The summed E-state index contributed by atoms with van der Waals surface area (Å²) in [5, 5.41) is 2.48. The van der Waals surface area contributed by atoms with Crippen LogP contribution in [0.25, 0.3) is 10.8 Å². The third-order valence-electron chi connectivity index (χ3n) is 8.23. The molecule has 0 aliphatic carbocycles. The molecule has 3 rings (SSSR count). The highest BCUT2D eigenvalue weighted by atomic mass is 16.5. The fourth-order valence-corrected chi connectivity index (χ4v) is 5.54. The molecule has 3 nitrogen and oxygen atoms in total. The van der Waals surface area contributed by atoms with Gasteiger partial charge in [-0.1, -0.05) is 139 Å². The van der Waals surface area contributed by atoms with Crippen molar-refractivity contribution >= 4 is 16.6 Å². The minimum absolute atomic E-state index is 0.0987. The summed E-state index contributed by atoms with van der Waals surface area (Å²) in [7, 11) is 1.65. The zero-order chi connectivity index (χ0) is 29.1. The molecule has 0 unspecified atom stereocenters. The van der Waals surface area contributed by atoms with E-state index in [1.807, 2.05) is 12.1 Å². The number of carbonyl (C=O) groups excluding carboxylic acids is 1. The second kappa shape index (κ2) is 19.5. The van der Waals surface area contributed by atoms with Crippen molar-refractivity contribution < 1.29 is 14.3 Å². The molecule has 1 atom stereocenters. The maximum absolute atomic E-state index is 12.9. The number of rotatable bonds is 22. The quantitative estimate of drug-likeness (QED) is 0.0909. The molecule has 0 N–H and O–H groups in total. The molecule has 0 aliphatic heterocycles. The maximum Gasteiger partial charge on any atom is 0.191 e. The van der Waals surface area contributed by atoms with E-state index in [4.69, 9.17) is 9.47 Å². The molecule has 0 spiro atoms. The second-order valence-electron chi connectivity index (χ2n) is 11.7. The number of methoxy groups -OCH3 is 1. The lowest BCUT2D eigenvalue weighted by atomic mass is 9.97.